The summed E-state index contributed by atoms with van der Waals surface area (Å²) in [5.74, 6) is 0. The van der Waals surface area contributed by atoms with Gasteiger partial charge in [-0.2, -0.15) is 5.26 Å². The normalized spacial score (nSPS) is 17.7. The van der Waals surface area contributed by atoms with E-state index < -0.39 is 10.0 Å². The number of halogens is 1. The zero-order valence-corrected chi connectivity index (χ0v) is 13.4. The maximum Gasteiger partial charge on any atom is 0.240 e. The third-order valence-electron chi connectivity index (χ3n) is 3.80. The van der Waals surface area contributed by atoms with Gasteiger partial charge in [0.25, 0.3) is 0 Å². The van der Waals surface area contributed by atoms with Crippen LogP contribution in [0.5, 0.6) is 0 Å². The van der Waals surface area contributed by atoms with Crippen LogP contribution in [0.15, 0.2) is 23.1 Å². The number of nitriles is 1. The van der Waals surface area contributed by atoms with Gasteiger partial charge in [0.1, 0.15) is 6.07 Å². The largest absolute Gasteiger partial charge is 0.240 e. The molecule has 21 heavy (non-hydrogen) atoms. The molecule has 0 aromatic heterocycles. The molecular weight excluding hydrogens is 308 g/mol. The summed E-state index contributed by atoms with van der Waals surface area (Å²) in [6.45, 7) is 0. The minimum Gasteiger partial charge on any atom is -0.208 e. The first-order valence-electron chi connectivity index (χ1n) is 7.25. The Labute approximate surface area is 131 Å². The molecule has 1 saturated carbocycles. The van der Waals surface area contributed by atoms with Crippen LogP contribution in [0.3, 0.4) is 0 Å². The highest BCUT2D eigenvalue weighted by atomic mass is 35.5. The molecule has 0 amide bonds. The van der Waals surface area contributed by atoms with E-state index in [1.807, 2.05) is 6.07 Å². The minimum absolute atomic E-state index is 0.00952. The summed E-state index contributed by atoms with van der Waals surface area (Å²) in [5.41, 5.74) is 0.279. The predicted molar refractivity (Wildman–Crippen MR) is 82.6 cm³/mol. The van der Waals surface area contributed by atoms with Crippen LogP contribution in [0.2, 0.25) is 5.02 Å². The molecule has 0 heterocycles. The fourth-order valence-electron chi connectivity index (χ4n) is 2.62. The van der Waals surface area contributed by atoms with E-state index in [-0.39, 0.29) is 21.5 Å². The average molecular weight is 327 g/mol. The standard InChI is InChI=1S/C15H19ClN2O2S/c16-15-10-14(9-8-12(15)11-17)21(19,20)18-13-6-4-2-1-3-5-7-13/h8-10,13,18H,1-7H2. The third-order valence-corrected chi connectivity index (χ3v) is 5.63. The van der Waals surface area contributed by atoms with Crippen LogP contribution in [0.1, 0.15) is 50.5 Å². The fraction of sp³-hybridized carbons (Fsp3) is 0.533. The molecule has 0 spiro atoms. The van der Waals surface area contributed by atoms with E-state index in [0.29, 0.717) is 0 Å². The van der Waals surface area contributed by atoms with Gasteiger partial charge < -0.3 is 0 Å². The lowest BCUT2D eigenvalue weighted by atomic mass is 9.97. The van der Waals surface area contributed by atoms with Crippen molar-refractivity contribution in [1.29, 1.82) is 5.26 Å². The minimum atomic E-state index is -3.58. The highest BCUT2D eigenvalue weighted by Crippen LogP contribution is 2.22. The van der Waals surface area contributed by atoms with Gasteiger partial charge in [0.05, 0.1) is 15.5 Å². The van der Waals surface area contributed by atoms with Crippen molar-refractivity contribution in [1.82, 2.24) is 4.72 Å². The van der Waals surface area contributed by atoms with Crippen molar-refractivity contribution in [3.8, 4) is 6.07 Å². The van der Waals surface area contributed by atoms with E-state index >= 15 is 0 Å². The zero-order valence-electron chi connectivity index (χ0n) is 11.8. The quantitative estimate of drug-likeness (QED) is 0.922. The number of nitrogens with one attached hydrogen (secondary N) is 1. The van der Waals surface area contributed by atoms with Crippen molar-refractivity contribution >= 4 is 21.6 Å². The predicted octanol–water partition coefficient (Wildman–Crippen LogP) is 3.60. The van der Waals surface area contributed by atoms with Crippen LogP contribution in [0.4, 0.5) is 0 Å². The highest BCUT2D eigenvalue weighted by molar-refractivity contribution is 7.89. The van der Waals surface area contributed by atoms with E-state index in [0.717, 1.165) is 25.7 Å². The van der Waals surface area contributed by atoms with Gasteiger partial charge >= 0.3 is 0 Å². The number of sulfonamides is 1. The maximum atomic E-state index is 12.4. The maximum absolute atomic E-state index is 12.4. The Balaban J connectivity index is 2.13. The van der Waals surface area contributed by atoms with Gasteiger partial charge in [-0.05, 0) is 31.0 Å². The molecule has 4 nitrogen and oxygen atoms in total. The first kappa shape index (κ1) is 16.3. The van der Waals surface area contributed by atoms with Crippen LogP contribution < -0.4 is 4.72 Å². The number of rotatable bonds is 3. The van der Waals surface area contributed by atoms with Crippen LogP contribution in [-0.4, -0.2) is 14.5 Å². The van der Waals surface area contributed by atoms with Crippen LogP contribution in [-0.2, 0) is 10.0 Å². The Morgan fingerprint density at radius 2 is 1.76 bits per heavy atom. The van der Waals surface area contributed by atoms with Gasteiger partial charge in [-0.3, -0.25) is 0 Å². The van der Waals surface area contributed by atoms with E-state index in [9.17, 15) is 8.42 Å². The van der Waals surface area contributed by atoms with Crippen molar-refractivity contribution < 1.29 is 8.42 Å². The van der Waals surface area contributed by atoms with Gasteiger partial charge in [-0.25, -0.2) is 13.1 Å². The van der Waals surface area contributed by atoms with Crippen molar-refractivity contribution in [3.05, 3.63) is 28.8 Å². The van der Waals surface area contributed by atoms with Crippen molar-refractivity contribution in [2.45, 2.75) is 55.9 Å². The number of hydrogen-bond acceptors (Lipinski definition) is 3. The smallest absolute Gasteiger partial charge is 0.208 e. The fourth-order valence-corrected chi connectivity index (χ4v) is 4.23. The molecule has 1 aromatic carbocycles. The highest BCUT2D eigenvalue weighted by Gasteiger charge is 2.21. The van der Waals surface area contributed by atoms with Crippen LogP contribution >= 0.6 is 11.6 Å². The summed E-state index contributed by atoms with van der Waals surface area (Å²) in [6, 6.07) is 6.12. The van der Waals surface area contributed by atoms with Gasteiger partial charge in [0, 0.05) is 6.04 Å². The summed E-state index contributed by atoms with van der Waals surface area (Å²) in [4.78, 5) is 0.119. The Hall–Kier alpha value is -1.09. The SMILES string of the molecule is N#Cc1ccc(S(=O)(=O)NC2CCCCCCC2)cc1Cl. The summed E-state index contributed by atoms with van der Waals surface area (Å²) < 4.78 is 27.6. The van der Waals surface area contributed by atoms with Gasteiger partial charge in [-0.15, -0.1) is 0 Å². The summed E-state index contributed by atoms with van der Waals surface area (Å²) in [6.07, 6.45) is 7.45. The molecule has 1 aliphatic carbocycles. The lowest BCUT2D eigenvalue weighted by Gasteiger charge is -2.21. The second kappa shape index (κ2) is 7.26. The van der Waals surface area contributed by atoms with Crippen molar-refractivity contribution in [3.63, 3.8) is 0 Å². The zero-order chi connectivity index (χ0) is 15.3. The van der Waals surface area contributed by atoms with Gasteiger partial charge in [0.2, 0.25) is 10.0 Å². The molecule has 1 aromatic rings. The second-order valence-electron chi connectivity index (χ2n) is 5.42. The Morgan fingerprint density at radius 1 is 1.14 bits per heavy atom. The molecule has 2 rings (SSSR count). The van der Waals surface area contributed by atoms with Gasteiger partial charge in [-0.1, -0.05) is 43.7 Å². The molecular formula is C15H19ClN2O2S. The molecule has 1 N–H and O–H groups in total. The summed E-state index contributed by atoms with van der Waals surface area (Å²) >= 11 is 5.91. The van der Waals surface area contributed by atoms with Crippen LogP contribution in [0, 0.1) is 11.3 Å². The molecule has 1 fully saturated rings. The second-order valence-corrected chi connectivity index (χ2v) is 7.54. The van der Waals surface area contributed by atoms with E-state index in [1.54, 1.807) is 0 Å². The molecule has 0 saturated heterocycles. The lowest BCUT2D eigenvalue weighted by Crippen LogP contribution is -2.35. The molecule has 0 bridgehead atoms. The van der Waals surface area contributed by atoms with Crippen LogP contribution in [0.25, 0.3) is 0 Å². The number of hydrogen-bond donors (Lipinski definition) is 1. The number of benzene rings is 1. The first-order valence-corrected chi connectivity index (χ1v) is 9.11. The van der Waals surface area contributed by atoms with Crippen molar-refractivity contribution in [2.75, 3.05) is 0 Å². The molecule has 1 aliphatic rings. The molecule has 0 aliphatic heterocycles. The Kier molecular flexibility index (Phi) is 5.63. The third kappa shape index (κ3) is 4.44. The monoisotopic (exact) mass is 326 g/mol. The number of nitrogens with zero attached hydrogens (tertiary/aromatic N) is 1. The molecule has 0 unspecified atom stereocenters. The molecule has 0 atom stereocenters. The average Bonchev–Trinajstić information content (AvgIpc) is 2.41. The van der Waals surface area contributed by atoms with E-state index in [4.69, 9.17) is 16.9 Å². The Morgan fingerprint density at radius 3 is 2.33 bits per heavy atom. The van der Waals surface area contributed by atoms with E-state index in [1.165, 1.54) is 37.5 Å². The summed E-state index contributed by atoms with van der Waals surface area (Å²) in [5, 5.41) is 9.00. The van der Waals surface area contributed by atoms with Gasteiger partial charge in [0.15, 0.2) is 0 Å². The summed E-state index contributed by atoms with van der Waals surface area (Å²) in [7, 11) is -3.58. The molecule has 6 heteroatoms. The van der Waals surface area contributed by atoms with E-state index in [2.05, 4.69) is 4.72 Å². The van der Waals surface area contributed by atoms with Crippen molar-refractivity contribution in [2.24, 2.45) is 0 Å². The first-order chi connectivity index (χ1) is 10.0. The molecule has 114 valence electrons. The Bertz CT molecular complexity index is 630. The molecule has 0 radical (unpaired) electrons. The topological polar surface area (TPSA) is 70.0 Å². The lowest BCUT2D eigenvalue weighted by molar-refractivity contribution is 0.426.